The highest BCUT2D eigenvalue weighted by atomic mass is 35.5. The molecule has 2 amide bonds. The first kappa shape index (κ1) is 13.5. The molecule has 0 saturated carbocycles. The van der Waals surface area contributed by atoms with E-state index in [-0.39, 0.29) is 24.4 Å². The summed E-state index contributed by atoms with van der Waals surface area (Å²) in [5.74, 6) is -0.526. The predicted molar refractivity (Wildman–Crippen MR) is 67.1 cm³/mol. The van der Waals surface area contributed by atoms with Crippen LogP contribution < -0.4 is 10.6 Å². The summed E-state index contributed by atoms with van der Waals surface area (Å²) in [6.45, 7) is 3.68. The van der Waals surface area contributed by atoms with Crippen molar-refractivity contribution in [2.24, 2.45) is 0 Å². The molecule has 0 fully saturated rings. The minimum Gasteiger partial charge on any atom is -0.352 e. The Hall–Kier alpha value is -1.55. The van der Waals surface area contributed by atoms with Crippen LogP contribution in [0.1, 0.15) is 24.2 Å². The van der Waals surface area contributed by atoms with E-state index in [9.17, 15) is 9.59 Å². The van der Waals surface area contributed by atoms with E-state index in [1.807, 2.05) is 13.8 Å². The Kier molecular flexibility index (Phi) is 4.97. The van der Waals surface area contributed by atoms with Gasteiger partial charge in [-0.3, -0.25) is 9.59 Å². The van der Waals surface area contributed by atoms with Crippen LogP contribution >= 0.6 is 11.6 Å². The summed E-state index contributed by atoms with van der Waals surface area (Å²) in [5.41, 5.74) is 0.440. The number of rotatable bonds is 4. The standard InChI is InChI=1S/C12H15ClN2O2/c1-8(2)15-11(16)7-14-12(17)9-4-3-5-10(13)6-9/h3-6,8H,7H2,1-2H3,(H,14,17)(H,15,16). The molecular formula is C12H15ClN2O2. The minimum atomic E-state index is -0.314. The molecule has 1 rings (SSSR count). The lowest BCUT2D eigenvalue weighted by molar-refractivity contribution is -0.120. The van der Waals surface area contributed by atoms with E-state index >= 15 is 0 Å². The van der Waals surface area contributed by atoms with Gasteiger partial charge in [0.15, 0.2) is 0 Å². The zero-order valence-electron chi connectivity index (χ0n) is 9.79. The van der Waals surface area contributed by atoms with Gasteiger partial charge >= 0.3 is 0 Å². The molecule has 0 aliphatic carbocycles. The van der Waals surface area contributed by atoms with Crippen molar-refractivity contribution in [1.82, 2.24) is 10.6 Å². The maximum absolute atomic E-state index is 11.6. The summed E-state index contributed by atoms with van der Waals surface area (Å²) in [5, 5.41) is 5.69. The molecule has 0 aliphatic rings. The van der Waals surface area contributed by atoms with Crippen molar-refractivity contribution in [2.45, 2.75) is 19.9 Å². The minimum absolute atomic E-state index is 0.0382. The molecule has 2 N–H and O–H groups in total. The lowest BCUT2D eigenvalue weighted by Crippen LogP contribution is -2.39. The molecule has 92 valence electrons. The molecule has 0 radical (unpaired) electrons. The smallest absolute Gasteiger partial charge is 0.251 e. The van der Waals surface area contributed by atoms with Crippen molar-refractivity contribution in [3.63, 3.8) is 0 Å². The third-order valence-corrected chi connectivity index (χ3v) is 2.18. The lowest BCUT2D eigenvalue weighted by atomic mass is 10.2. The molecule has 0 heterocycles. The number of benzene rings is 1. The van der Waals surface area contributed by atoms with Crippen molar-refractivity contribution >= 4 is 23.4 Å². The fourth-order valence-electron chi connectivity index (χ4n) is 1.27. The van der Waals surface area contributed by atoms with Gasteiger partial charge in [-0.25, -0.2) is 0 Å². The van der Waals surface area contributed by atoms with Crippen molar-refractivity contribution in [2.75, 3.05) is 6.54 Å². The van der Waals surface area contributed by atoms with Crippen LogP contribution in [0.4, 0.5) is 0 Å². The molecule has 0 spiro atoms. The van der Waals surface area contributed by atoms with E-state index in [1.165, 1.54) is 0 Å². The molecule has 0 bridgehead atoms. The van der Waals surface area contributed by atoms with E-state index in [4.69, 9.17) is 11.6 Å². The Labute approximate surface area is 105 Å². The van der Waals surface area contributed by atoms with Gasteiger partial charge in [-0.05, 0) is 32.0 Å². The van der Waals surface area contributed by atoms with Gasteiger partial charge in [-0.2, -0.15) is 0 Å². The second kappa shape index (κ2) is 6.25. The molecule has 4 nitrogen and oxygen atoms in total. The number of hydrogen-bond acceptors (Lipinski definition) is 2. The Morgan fingerprint density at radius 2 is 2.06 bits per heavy atom. The van der Waals surface area contributed by atoms with E-state index in [0.717, 1.165) is 0 Å². The Bertz CT molecular complexity index is 419. The summed E-state index contributed by atoms with van der Waals surface area (Å²) in [7, 11) is 0. The van der Waals surface area contributed by atoms with Crippen LogP contribution in [0, 0.1) is 0 Å². The number of halogens is 1. The van der Waals surface area contributed by atoms with Crippen LogP contribution in [0.25, 0.3) is 0 Å². The van der Waals surface area contributed by atoms with Gasteiger partial charge in [0.1, 0.15) is 0 Å². The quantitative estimate of drug-likeness (QED) is 0.857. The first-order valence-corrected chi connectivity index (χ1v) is 5.70. The second-order valence-electron chi connectivity index (χ2n) is 3.92. The van der Waals surface area contributed by atoms with E-state index in [2.05, 4.69) is 10.6 Å². The second-order valence-corrected chi connectivity index (χ2v) is 4.35. The summed E-state index contributed by atoms with van der Waals surface area (Å²) in [6.07, 6.45) is 0. The molecule has 1 aromatic carbocycles. The SMILES string of the molecule is CC(C)NC(=O)CNC(=O)c1cccc(Cl)c1. The maximum atomic E-state index is 11.6. The third-order valence-electron chi connectivity index (χ3n) is 1.95. The highest BCUT2D eigenvalue weighted by Crippen LogP contribution is 2.10. The van der Waals surface area contributed by atoms with Gasteiger partial charge in [0, 0.05) is 16.6 Å². The fourth-order valence-corrected chi connectivity index (χ4v) is 1.46. The van der Waals surface area contributed by atoms with Crippen LogP contribution in [-0.4, -0.2) is 24.4 Å². The largest absolute Gasteiger partial charge is 0.352 e. The first-order chi connectivity index (χ1) is 7.99. The molecule has 0 aliphatic heterocycles. The number of carbonyl (C=O) groups excluding carboxylic acids is 2. The topological polar surface area (TPSA) is 58.2 Å². The zero-order valence-corrected chi connectivity index (χ0v) is 10.5. The van der Waals surface area contributed by atoms with Gasteiger partial charge in [-0.15, -0.1) is 0 Å². The third kappa shape index (κ3) is 4.87. The number of hydrogen-bond donors (Lipinski definition) is 2. The highest BCUT2D eigenvalue weighted by Gasteiger charge is 2.08. The molecule has 5 heteroatoms. The highest BCUT2D eigenvalue weighted by molar-refractivity contribution is 6.30. The molecule has 17 heavy (non-hydrogen) atoms. The summed E-state index contributed by atoms with van der Waals surface area (Å²) < 4.78 is 0. The van der Waals surface area contributed by atoms with Gasteiger partial charge in [0.05, 0.1) is 6.54 Å². The molecule has 0 atom stereocenters. The van der Waals surface area contributed by atoms with Crippen LogP contribution in [0.2, 0.25) is 5.02 Å². The zero-order chi connectivity index (χ0) is 12.8. The molecule has 0 saturated heterocycles. The van der Waals surface area contributed by atoms with Crippen molar-refractivity contribution in [1.29, 1.82) is 0 Å². The van der Waals surface area contributed by atoms with Gasteiger partial charge in [0.2, 0.25) is 5.91 Å². The number of amides is 2. The summed E-state index contributed by atoms with van der Waals surface area (Å²) in [6, 6.07) is 6.62. The summed E-state index contributed by atoms with van der Waals surface area (Å²) in [4.78, 5) is 22.9. The van der Waals surface area contributed by atoms with Gasteiger partial charge < -0.3 is 10.6 Å². The Morgan fingerprint density at radius 1 is 1.35 bits per heavy atom. The number of nitrogens with one attached hydrogen (secondary N) is 2. The van der Waals surface area contributed by atoms with Crippen molar-refractivity contribution < 1.29 is 9.59 Å². The Balaban J connectivity index is 2.48. The lowest BCUT2D eigenvalue weighted by Gasteiger charge is -2.09. The van der Waals surface area contributed by atoms with E-state index in [1.54, 1.807) is 24.3 Å². The molecule has 1 aromatic rings. The van der Waals surface area contributed by atoms with E-state index < -0.39 is 0 Å². The van der Waals surface area contributed by atoms with Gasteiger partial charge in [-0.1, -0.05) is 17.7 Å². The number of carbonyl (C=O) groups is 2. The molecule has 0 aromatic heterocycles. The monoisotopic (exact) mass is 254 g/mol. The molecular weight excluding hydrogens is 240 g/mol. The van der Waals surface area contributed by atoms with Crippen LogP contribution in [-0.2, 0) is 4.79 Å². The Morgan fingerprint density at radius 3 is 2.65 bits per heavy atom. The van der Waals surface area contributed by atoms with Gasteiger partial charge in [0.25, 0.3) is 5.91 Å². The van der Waals surface area contributed by atoms with E-state index in [0.29, 0.717) is 10.6 Å². The van der Waals surface area contributed by atoms with Crippen molar-refractivity contribution in [3.8, 4) is 0 Å². The average Bonchev–Trinajstić information content (AvgIpc) is 2.25. The maximum Gasteiger partial charge on any atom is 0.251 e. The first-order valence-electron chi connectivity index (χ1n) is 5.32. The summed E-state index contributed by atoms with van der Waals surface area (Å²) >= 11 is 5.76. The van der Waals surface area contributed by atoms with Crippen LogP contribution in [0.3, 0.4) is 0 Å². The predicted octanol–water partition coefficient (Wildman–Crippen LogP) is 1.59. The fraction of sp³-hybridized carbons (Fsp3) is 0.333. The van der Waals surface area contributed by atoms with Crippen LogP contribution in [0.15, 0.2) is 24.3 Å². The van der Waals surface area contributed by atoms with Crippen molar-refractivity contribution in [3.05, 3.63) is 34.9 Å². The average molecular weight is 255 g/mol. The van der Waals surface area contributed by atoms with Crippen LogP contribution in [0.5, 0.6) is 0 Å². The normalized spacial score (nSPS) is 10.1. The molecule has 0 unspecified atom stereocenters.